The summed E-state index contributed by atoms with van der Waals surface area (Å²) in [7, 11) is 0. The third-order valence-electron chi connectivity index (χ3n) is 4.90. The fraction of sp³-hybridized carbons (Fsp3) is 0.350. The van der Waals surface area contributed by atoms with Crippen LogP contribution >= 0.6 is 27.7 Å². The monoisotopic (exact) mass is 488 g/mol. The summed E-state index contributed by atoms with van der Waals surface area (Å²) in [5.41, 5.74) is 9.60. The SMILES string of the molecule is N#Cc1ccc(Br)cc1S[C@H]1O[C@@H]2COC(c3ccccc3)O[C@@H]2[C@H](N=[N+]=[N-])[C@H]1O. The Kier molecular flexibility index (Phi) is 6.61. The molecule has 30 heavy (non-hydrogen) atoms. The van der Waals surface area contributed by atoms with Gasteiger partial charge in [0, 0.05) is 19.8 Å². The molecule has 0 saturated carbocycles. The van der Waals surface area contributed by atoms with E-state index in [1.807, 2.05) is 30.3 Å². The fourth-order valence-corrected chi connectivity index (χ4v) is 5.16. The number of azide groups is 1. The van der Waals surface area contributed by atoms with Gasteiger partial charge in [0.2, 0.25) is 0 Å². The van der Waals surface area contributed by atoms with E-state index in [9.17, 15) is 10.4 Å². The average Bonchev–Trinajstić information content (AvgIpc) is 2.77. The maximum Gasteiger partial charge on any atom is 0.184 e. The Labute approximate surface area is 185 Å². The molecule has 0 aromatic heterocycles. The molecule has 154 valence electrons. The molecular weight excluding hydrogens is 472 g/mol. The van der Waals surface area contributed by atoms with E-state index < -0.39 is 36.1 Å². The lowest BCUT2D eigenvalue weighted by atomic mass is 9.97. The number of aliphatic hydroxyl groups is 1. The minimum absolute atomic E-state index is 0.217. The molecule has 2 heterocycles. The Balaban J connectivity index is 1.57. The van der Waals surface area contributed by atoms with Gasteiger partial charge in [0.25, 0.3) is 0 Å². The zero-order chi connectivity index (χ0) is 21.1. The fourth-order valence-electron chi connectivity index (χ4n) is 3.46. The lowest BCUT2D eigenvalue weighted by Gasteiger charge is -2.46. The standard InChI is InChI=1S/C20H17BrN4O4S/c21-13-7-6-12(9-22)15(8-13)30-20-17(26)16(24-25-23)18-14(28-20)10-27-19(29-18)11-4-2-1-3-5-11/h1-8,14,16-20,26H,10H2/t14-,16-,17-,18+,19?,20-/m1/s1. The molecule has 2 aromatic carbocycles. The summed E-state index contributed by atoms with van der Waals surface area (Å²) >= 11 is 4.60. The quantitative estimate of drug-likeness (QED) is 0.389. The predicted octanol–water partition coefficient (Wildman–Crippen LogP) is 4.29. The number of fused-ring (bicyclic) bond motifs is 1. The number of thioether (sulfide) groups is 1. The maximum atomic E-state index is 10.9. The molecule has 4 rings (SSSR count). The number of benzene rings is 2. The van der Waals surface area contributed by atoms with Crippen molar-refractivity contribution in [1.29, 1.82) is 5.26 Å². The zero-order valence-electron chi connectivity index (χ0n) is 15.5. The van der Waals surface area contributed by atoms with Crippen LogP contribution in [0.3, 0.4) is 0 Å². The van der Waals surface area contributed by atoms with Crippen molar-refractivity contribution < 1.29 is 19.3 Å². The number of nitriles is 1. The summed E-state index contributed by atoms with van der Waals surface area (Å²) in [5, 5.41) is 24.1. The van der Waals surface area contributed by atoms with Gasteiger partial charge in [0.15, 0.2) is 6.29 Å². The summed E-state index contributed by atoms with van der Waals surface area (Å²) in [6, 6.07) is 15.9. The Bertz CT molecular complexity index is 998. The highest BCUT2D eigenvalue weighted by Crippen LogP contribution is 2.41. The van der Waals surface area contributed by atoms with Gasteiger partial charge in [-0.1, -0.05) is 63.1 Å². The zero-order valence-corrected chi connectivity index (χ0v) is 17.9. The molecule has 2 aliphatic rings. The molecule has 0 bridgehead atoms. The van der Waals surface area contributed by atoms with Crippen molar-refractivity contribution in [2.75, 3.05) is 6.61 Å². The number of hydrogen-bond donors (Lipinski definition) is 1. The van der Waals surface area contributed by atoms with Crippen LogP contribution in [0.2, 0.25) is 0 Å². The third-order valence-corrected chi connectivity index (χ3v) is 6.60. The lowest BCUT2D eigenvalue weighted by Crippen LogP contribution is -2.60. The highest BCUT2D eigenvalue weighted by Gasteiger charge is 2.49. The van der Waals surface area contributed by atoms with Gasteiger partial charge in [-0.3, -0.25) is 0 Å². The summed E-state index contributed by atoms with van der Waals surface area (Å²) in [4.78, 5) is 3.55. The van der Waals surface area contributed by atoms with E-state index in [1.165, 1.54) is 11.8 Å². The molecule has 0 aliphatic carbocycles. The van der Waals surface area contributed by atoms with Gasteiger partial charge in [0.1, 0.15) is 29.8 Å². The molecule has 6 atom stereocenters. The number of aliphatic hydroxyl groups excluding tert-OH is 1. The van der Waals surface area contributed by atoms with E-state index in [0.717, 1.165) is 10.0 Å². The first kappa shape index (κ1) is 21.2. The van der Waals surface area contributed by atoms with Crippen molar-refractivity contribution in [3.8, 4) is 6.07 Å². The van der Waals surface area contributed by atoms with Crippen LogP contribution in [0.1, 0.15) is 17.4 Å². The molecule has 2 fully saturated rings. The molecule has 0 spiro atoms. The second-order valence-corrected chi connectivity index (χ2v) is 8.83. The maximum absolute atomic E-state index is 10.9. The highest BCUT2D eigenvalue weighted by molar-refractivity contribution is 9.10. The average molecular weight is 489 g/mol. The van der Waals surface area contributed by atoms with Crippen LogP contribution < -0.4 is 0 Å². The Morgan fingerprint density at radius 2 is 2.03 bits per heavy atom. The van der Waals surface area contributed by atoms with Crippen LogP contribution in [0.5, 0.6) is 0 Å². The van der Waals surface area contributed by atoms with Gasteiger partial charge >= 0.3 is 0 Å². The van der Waals surface area contributed by atoms with Crippen molar-refractivity contribution in [2.45, 2.75) is 41.0 Å². The number of nitrogens with zero attached hydrogens (tertiary/aromatic N) is 4. The normalized spacial score (nSPS) is 30.6. The molecule has 1 N–H and O–H groups in total. The van der Waals surface area contributed by atoms with Crippen molar-refractivity contribution in [1.82, 2.24) is 0 Å². The number of hydrogen-bond acceptors (Lipinski definition) is 7. The first-order valence-electron chi connectivity index (χ1n) is 9.16. The first-order valence-corrected chi connectivity index (χ1v) is 10.8. The second-order valence-electron chi connectivity index (χ2n) is 6.78. The second kappa shape index (κ2) is 9.37. The Morgan fingerprint density at radius 3 is 2.77 bits per heavy atom. The van der Waals surface area contributed by atoms with Crippen LogP contribution in [0.15, 0.2) is 63.0 Å². The molecule has 10 heteroatoms. The van der Waals surface area contributed by atoms with Gasteiger partial charge in [0.05, 0.1) is 18.2 Å². The molecule has 0 amide bonds. The van der Waals surface area contributed by atoms with Gasteiger partial charge in [-0.05, 0) is 23.7 Å². The predicted molar refractivity (Wildman–Crippen MR) is 112 cm³/mol. The topological polar surface area (TPSA) is 120 Å². The minimum atomic E-state index is -1.13. The van der Waals surface area contributed by atoms with Gasteiger partial charge < -0.3 is 19.3 Å². The smallest absolute Gasteiger partial charge is 0.184 e. The Hall–Kier alpha value is -2.09. The van der Waals surface area contributed by atoms with Crippen molar-refractivity contribution in [3.05, 3.63) is 74.6 Å². The van der Waals surface area contributed by atoms with E-state index in [0.29, 0.717) is 10.5 Å². The van der Waals surface area contributed by atoms with Gasteiger partial charge in [-0.15, -0.1) is 0 Å². The number of rotatable bonds is 4. The van der Waals surface area contributed by atoms with E-state index in [-0.39, 0.29) is 6.61 Å². The van der Waals surface area contributed by atoms with E-state index in [1.54, 1.807) is 18.2 Å². The molecular formula is C20H17BrN4O4S. The molecule has 2 saturated heterocycles. The Morgan fingerprint density at radius 1 is 1.23 bits per heavy atom. The van der Waals surface area contributed by atoms with E-state index >= 15 is 0 Å². The van der Waals surface area contributed by atoms with Gasteiger partial charge in [-0.25, -0.2) is 0 Å². The van der Waals surface area contributed by atoms with Crippen LogP contribution in [-0.2, 0) is 14.2 Å². The van der Waals surface area contributed by atoms with E-state index in [2.05, 4.69) is 32.0 Å². The highest BCUT2D eigenvalue weighted by atomic mass is 79.9. The number of halogens is 1. The van der Waals surface area contributed by atoms with E-state index in [4.69, 9.17) is 19.7 Å². The van der Waals surface area contributed by atoms with Crippen molar-refractivity contribution in [3.63, 3.8) is 0 Å². The number of ether oxygens (including phenoxy) is 3. The summed E-state index contributed by atoms with van der Waals surface area (Å²) in [6.07, 6.45) is -2.96. The molecule has 1 unspecified atom stereocenters. The summed E-state index contributed by atoms with van der Waals surface area (Å²) < 4.78 is 18.7. The summed E-state index contributed by atoms with van der Waals surface area (Å²) in [6.45, 7) is 0.217. The summed E-state index contributed by atoms with van der Waals surface area (Å²) in [5.74, 6) is 0. The minimum Gasteiger partial charge on any atom is -0.389 e. The molecule has 2 aromatic rings. The molecule has 8 nitrogen and oxygen atoms in total. The molecule has 0 radical (unpaired) electrons. The van der Waals surface area contributed by atoms with Crippen molar-refractivity contribution in [2.24, 2.45) is 5.11 Å². The van der Waals surface area contributed by atoms with Crippen LogP contribution in [0.25, 0.3) is 10.4 Å². The van der Waals surface area contributed by atoms with Crippen LogP contribution in [0, 0.1) is 11.3 Å². The van der Waals surface area contributed by atoms with Crippen LogP contribution in [-0.4, -0.2) is 41.5 Å². The lowest BCUT2D eigenvalue weighted by molar-refractivity contribution is -0.297. The van der Waals surface area contributed by atoms with Gasteiger partial charge in [-0.2, -0.15) is 5.26 Å². The first-order chi connectivity index (χ1) is 14.6. The van der Waals surface area contributed by atoms with Crippen molar-refractivity contribution >= 4 is 27.7 Å². The molecule has 2 aliphatic heterocycles. The third kappa shape index (κ3) is 4.33. The van der Waals surface area contributed by atoms with Crippen LogP contribution in [0.4, 0.5) is 0 Å². The largest absolute Gasteiger partial charge is 0.389 e.